The zero-order valence-corrected chi connectivity index (χ0v) is 14.5. The lowest BCUT2D eigenvalue weighted by Gasteiger charge is -2.31. The van der Waals surface area contributed by atoms with E-state index in [2.05, 4.69) is 27.2 Å². The van der Waals surface area contributed by atoms with Crippen molar-refractivity contribution >= 4 is 16.9 Å². The fourth-order valence-corrected chi connectivity index (χ4v) is 3.63. The Kier molecular flexibility index (Phi) is 4.26. The molecule has 0 saturated carbocycles. The molecule has 1 N–H and O–H groups in total. The topological polar surface area (TPSA) is 66.8 Å². The van der Waals surface area contributed by atoms with E-state index in [9.17, 15) is 4.79 Å². The number of pyridine rings is 1. The second kappa shape index (κ2) is 6.70. The molecule has 4 heterocycles. The molecule has 6 nitrogen and oxygen atoms in total. The number of piperidine rings is 1. The van der Waals surface area contributed by atoms with E-state index in [4.69, 9.17) is 0 Å². The Balaban J connectivity index is 1.33. The number of aryl methyl sites for hydroxylation is 2. The summed E-state index contributed by atoms with van der Waals surface area (Å²) in [5.41, 5.74) is 3.29. The van der Waals surface area contributed by atoms with Gasteiger partial charge in [-0.25, -0.2) is 4.98 Å². The van der Waals surface area contributed by atoms with E-state index >= 15 is 0 Å². The number of aromatic amines is 1. The molecule has 0 atom stereocenters. The van der Waals surface area contributed by atoms with Crippen LogP contribution in [0.2, 0.25) is 0 Å². The maximum atomic E-state index is 12.5. The van der Waals surface area contributed by atoms with E-state index in [1.807, 2.05) is 34.8 Å². The average molecular weight is 337 g/mol. The molecule has 0 aliphatic carbocycles. The zero-order valence-electron chi connectivity index (χ0n) is 14.5. The smallest absolute Gasteiger partial charge is 0.224 e. The van der Waals surface area contributed by atoms with Gasteiger partial charge in [0.2, 0.25) is 5.91 Å². The van der Waals surface area contributed by atoms with Crippen LogP contribution in [0.1, 0.15) is 36.6 Å². The Labute approximate surface area is 146 Å². The lowest BCUT2D eigenvalue weighted by Crippen LogP contribution is -2.38. The molecular formula is C19H23N5O. The van der Waals surface area contributed by atoms with E-state index in [-0.39, 0.29) is 5.91 Å². The highest BCUT2D eigenvalue weighted by Crippen LogP contribution is 2.29. The van der Waals surface area contributed by atoms with Crippen molar-refractivity contribution in [3.05, 3.63) is 48.0 Å². The predicted molar refractivity (Wildman–Crippen MR) is 96.2 cm³/mol. The van der Waals surface area contributed by atoms with Crippen LogP contribution < -0.4 is 0 Å². The van der Waals surface area contributed by atoms with Gasteiger partial charge in [0.25, 0.3) is 0 Å². The van der Waals surface area contributed by atoms with Gasteiger partial charge in [-0.2, -0.15) is 5.10 Å². The molecule has 1 amide bonds. The number of likely N-dealkylation sites (tertiary alicyclic amines) is 1. The number of H-pyrrole nitrogens is 1. The van der Waals surface area contributed by atoms with Crippen LogP contribution in [0.3, 0.4) is 0 Å². The van der Waals surface area contributed by atoms with Crippen LogP contribution >= 0.6 is 0 Å². The number of hydrogen-bond donors (Lipinski definition) is 1. The van der Waals surface area contributed by atoms with E-state index in [0.717, 1.165) is 42.7 Å². The summed E-state index contributed by atoms with van der Waals surface area (Å²) in [6, 6.07) is 8.21. The summed E-state index contributed by atoms with van der Waals surface area (Å²) in [5.74, 6) is 0.707. The minimum Gasteiger partial charge on any atom is -0.343 e. The van der Waals surface area contributed by atoms with E-state index in [0.29, 0.717) is 18.9 Å². The summed E-state index contributed by atoms with van der Waals surface area (Å²) in [6.45, 7) is 4.32. The summed E-state index contributed by atoms with van der Waals surface area (Å²) >= 11 is 0. The number of rotatable bonds is 4. The average Bonchev–Trinajstić information content (AvgIpc) is 3.25. The van der Waals surface area contributed by atoms with Gasteiger partial charge in [0.05, 0.1) is 0 Å². The first-order valence-corrected chi connectivity index (χ1v) is 8.90. The van der Waals surface area contributed by atoms with Crippen molar-refractivity contribution in [3.8, 4) is 0 Å². The van der Waals surface area contributed by atoms with Crippen molar-refractivity contribution in [2.45, 2.75) is 38.6 Å². The van der Waals surface area contributed by atoms with Gasteiger partial charge in [-0.15, -0.1) is 0 Å². The molecule has 0 unspecified atom stereocenters. The maximum Gasteiger partial charge on any atom is 0.224 e. The third-order valence-electron chi connectivity index (χ3n) is 5.17. The van der Waals surface area contributed by atoms with E-state index in [1.54, 1.807) is 6.20 Å². The van der Waals surface area contributed by atoms with Crippen LogP contribution in [0.25, 0.3) is 11.0 Å². The van der Waals surface area contributed by atoms with Crippen LogP contribution in [-0.4, -0.2) is 43.6 Å². The lowest BCUT2D eigenvalue weighted by molar-refractivity contribution is -0.132. The van der Waals surface area contributed by atoms with Crippen LogP contribution in [-0.2, 0) is 11.3 Å². The number of carbonyl (C=O) groups is 1. The molecule has 3 aromatic heterocycles. The Morgan fingerprint density at radius 1 is 1.28 bits per heavy atom. The van der Waals surface area contributed by atoms with Gasteiger partial charge in [-0.3, -0.25) is 9.48 Å². The van der Waals surface area contributed by atoms with Gasteiger partial charge in [-0.05, 0) is 44.0 Å². The third-order valence-corrected chi connectivity index (χ3v) is 5.17. The van der Waals surface area contributed by atoms with Crippen molar-refractivity contribution < 1.29 is 4.79 Å². The summed E-state index contributed by atoms with van der Waals surface area (Å²) in [4.78, 5) is 22.3. The van der Waals surface area contributed by atoms with Crippen molar-refractivity contribution in [2.24, 2.45) is 0 Å². The van der Waals surface area contributed by atoms with Gasteiger partial charge in [0.15, 0.2) is 0 Å². The van der Waals surface area contributed by atoms with Gasteiger partial charge in [-0.1, -0.05) is 0 Å². The first-order chi connectivity index (χ1) is 12.2. The number of amides is 1. The van der Waals surface area contributed by atoms with Crippen LogP contribution in [0.4, 0.5) is 0 Å². The largest absolute Gasteiger partial charge is 0.343 e. The molecule has 1 fully saturated rings. The molecule has 0 bridgehead atoms. The van der Waals surface area contributed by atoms with Gasteiger partial charge >= 0.3 is 0 Å². The second-order valence-electron chi connectivity index (χ2n) is 6.77. The Morgan fingerprint density at radius 2 is 2.12 bits per heavy atom. The molecule has 4 rings (SSSR count). The van der Waals surface area contributed by atoms with Crippen LogP contribution in [0, 0.1) is 6.92 Å². The monoisotopic (exact) mass is 337 g/mol. The molecule has 1 aliphatic heterocycles. The first-order valence-electron chi connectivity index (χ1n) is 8.90. The van der Waals surface area contributed by atoms with Gasteiger partial charge in [0, 0.05) is 61.1 Å². The van der Waals surface area contributed by atoms with Crippen molar-refractivity contribution in [3.63, 3.8) is 0 Å². The molecule has 1 saturated heterocycles. The van der Waals surface area contributed by atoms with Crippen molar-refractivity contribution in [1.82, 2.24) is 24.6 Å². The number of fused-ring (bicyclic) bond motifs is 1. The molecule has 0 radical (unpaired) electrons. The highest BCUT2D eigenvalue weighted by Gasteiger charge is 2.24. The summed E-state index contributed by atoms with van der Waals surface area (Å²) in [6.07, 6.45) is 6.11. The Morgan fingerprint density at radius 3 is 2.84 bits per heavy atom. The number of nitrogens with zero attached hydrogens (tertiary/aromatic N) is 4. The third kappa shape index (κ3) is 3.29. The van der Waals surface area contributed by atoms with Crippen LogP contribution in [0.15, 0.2) is 36.7 Å². The summed E-state index contributed by atoms with van der Waals surface area (Å²) < 4.78 is 1.89. The fourth-order valence-electron chi connectivity index (χ4n) is 3.63. The molecule has 3 aromatic rings. The molecule has 0 spiro atoms. The highest BCUT2D eigenvalue weighted by atomic mass is 16.2. The summed E-state index contributed by atoms with van der Waals surface area (Å²) in [7, 11) is 0. The second-order valence-corrected chi connectivity index (χ2v) is 6.77. The lowest BCUT2D eigenvalue weighted by atomic mass is 9.93. The zero-order chi connectivity index (χ0) is 17.2. The Hall–Kier alpha value is -2.63. The number of hydrogen-bond acceptors (Lipinski definition) is 3. The minimum absolute atomic E-state index is 0.228. The van der Waals surface area contributed by atoms with Gasteiger partial charge in [0.1, 0.15) is 5.65 Å². The molecule has 130 valence electrons. The van der Waals surface area contributed by atoms with Crippen molar-refractivity contribution in [1.29, 1.82) is 0 Å². The van der Waals surface area contributed by atoms with Gasteiger partial charge < -0.3 is 9.88 Å². The molecule has 25 heavy (non-hydrogen) atoms. The molecular weight excluding hydrogens is 314 g/mol. The fraction of sp³-hybridized carbons (Fsp3) is 0.421. The van der Waals surface area contributed by atoms with Crippen LogP contribution in [0.5, 0.6) is 0 Å². The summed E-state index contributed by atoms with van der Waals surface area (Å²) in [5, 5.41) is 5.40. The first kappa shape index (κ1) is 15.9. The van der Waals surface area contributed by atoms with E-state index in [1.165, 1.54) is 5.69 Å². The van der Waals surface area contributed by atoms with E-state index < -0.39 is 0 Å². The maximum absolute atomic E-state index is 12.5. The molecule has 6 heteroatoms. The standard InChI is InChI=1S/C19H23N5O/c1-14-4-9-21-24(14)12-7-18(25)23-10-5-15(6-11-23)17-13-16-3-2-8-20-19(16)22-17/h2-4,8-9,13,15H,5-7,10-12H2,1H3,(H,20,22). The predicted octanol–water partition coefficient (Wildman–Crippen LogP) is 2.86. The molecule has 0 aromatic carbocycles. The Bertz CT molecular complexity index is 840. The normalized spacial score (nSPS) is 15.8. The quantitative estimate of drug-likeness (QED) is 0.796. The molecule has 1 aliphatic rings. The highest BCUT2D eigenvalue weighted by molar-refractivity contribution is 5.77. The SMILES string of the molecule is Cc1ccnn1CCC(=O)N1CCC(c2cc3cccnc3[nH]2)CC1. The minimum atomic E-state index is 0.228. The number of carbonyl (C=O) groups excluding carboxylic acids is 1. The number of aromatic nitrogens is 4. The number of nitrogens with one attached hydrogen (secondary N) is 1. The van der Waals surface area contributed by atoms with Crippen molar-refractivity contribution in [2.75, 3.05) is 13.1 Å².